The molecule has 2 unspecified atom stereocenters. The lowest BCUT2D eigenvalue weighted by atomic mass is 9.65. The van der Waals surface area contributed by atoms with Crippen LogP contribution in [0.3, 0.4) is 0 Å². The number of thiazole rings is 1. The Hall–Kier alpha value is -3.11. The second-order valence-electron chi connectivity index (χ2n) is 12.8. The number of carbonyl (C=O) groups is 1. The van der Waals surface area contributed by atoms with Gasteiger partial charge in [0.1, 0.15) is 10.7 Å². The van der Waals surface area contributed by atoms with Crippen molar-refractivity contribution in [2.75, 3.05) is 13.3 Å². The minimum atomic E-state index is -4.41. The molecule has 6 rings (SSSR count). The summed E-state index contributed by atoms with van der Waals surface area (Å²) in [5.41, 5.74) is 1.60. The fourth-order valence-electron chi connectivity index (χ4n) is 7.09. The number of hydrogen-bond acceptors (Lipinski definition) is 6. The zero-order valence-electron chi connectivity index (χ0n) is 23.5. The van der Waals surface area contributed by atoms with Crippen molar-refractivity contribution >= 4 is 17.2 Å². The van der Waals surface area contributed by atoms with Gasteiger partial charge in [-0.1, -0.05) is 45.0 Å². The van der Waals surface area contributed by atoms with Crippen molar-refractivity contribution in [1.82, 2.24) is 14.8 Å². The highest BCUT2D eigenvalue weighted by atomic mass is 32.1. The molecular formula is C31H34F3N3O3S. The highest BCUT2D eigenvalue weighted by molar-refractivity contribution is 7.09. The number of benzene rings is 2. The predicted octanol–water partition coefficient (Wildman–Crippen LogP) is 7.13. The van der Waals surface area contributed by atoms with Crippen molar-refractivity contribution in [2.24, 2.45) is 10.8 Å². The van der Waals surface area contributed by atoms with Crippen LogP contribution in [0.1, 0.15) is 72.2 Å². The van der Waals surface area contributed by atoms with E-state index in [-0.39, 0.29) is 36.1 Å². The minimum absolute atomic E-state index is 0.0286. The molecule has 2 bridgehead atoms. The van der Waals surface area contributed by atoms with Gasteiger partial charge in [-0.3, -0.25) is 9.69 Å². The number of carbonyl (C=O) groups excluding carboxylic acids is 1. The molecule has 2 aliphatic heterocycles. The summed E-state index contributed by atoms with van der Waals surface area (Å²) in [5, 5.41) is 2.56. The Morgan fingerprint density at radius 3 is 2.59 bits per heavy atom. The van der Waals surface area contributed by atoms with E-state index in [0.29, 0.717) is 35.8 Å². The molecule has 6 nitrogen and oxygen atoms in total. The molecule has 10 heteroatoms. The van der Waals surface area contributed by atoms with Crippen molar-refractivity contribution in [3.63, 3.8) is 0 Å². The topological polar surface area (TPSA) is 54.9 Å². The van der Waals surface area contributed by atoms with E-state index in [1.54, 1.807) is 6.07 Å². The van der Waals surface area contributed by atoms with Gasteiger partial charge in [-0.2, -0.15) is 13.2 Å². The average molecular weight is 586 g/mol. The molecule has 218 valence electrons. The molecule has 1 saturated carbocycles. The maximum Gasteiger partial charge on any atom is 0.416 e. The van der Waals surface area contributed by atoms with Gasteiger partial charge in [-0.25, -0.2) is 4.98 Å². The summed E-state index contributed by atoms with van der Waals surface area (Å²) < 4.78 is 51.1. The second-order valence-corrected chi connectivity index (χ2v) is 13.7. The number of likely N-dealkylation sites (tertiary alicyclic amines) is 1. The van der Waals surface area contributed by atoms with Crippen LogP contribution < -0.4 is 9.47 Å². The molecule has 3 aliphatic rings. The van der Waals surface area contributed by atoms with Gasteiger partial charge in [-0.05, 0) is 59.4 Å². The van der Waals surface area contributed by atoms with Gasteiger partial charge in [0.25, 0.3) is 5.91 Å². The molecule has 3 heterocycles. The molecule has 3 aromatic rings. The van der Waals surface area contributed by atoms with Crippen molar-refractivity contribution in [3.05, 3.63) is 75.2 Å². The van der Waals surface area contributed by atoms with Crippen molar-refractivity contribution in [3.8, 4) is 11.5 Å². The van der Waals surface area contributed by atoms with E-state index in [2.05, 4.69) is 20.8 Å². The largest absolute Gasteiger partial charge is 0.454 e. The van der Waals surface area contributed by atoms with Crippen LogP contribution in [0, 0.1) is 10.8 Å². The highest BCUT2D eigenvalue weighted by Gasteiger charge is 2.51. The van der Waals surface area contributed by atoms with Crippen LogP contribution in [0.25, 0.3) is 0 Å². The maximum absolute atomic E-state index is 13.6. The fraction of sp³-hybridized carbons (Fsp3) is 0.484. The molecule has 2 aromatic carbocycles. The average Bonchev–Trinajstić information content (AvgIpc) is 3.60. The number of rotatable bonds is 7. The molecule has 0 spiro atoms. The minimum Gasteiger partial charge on any atom is -0.454 e. The number of alkyl halides is 3. The lowest BCUT2D eigenvalue weighted by molar-refractivity contribution is -0.137. The molecule has 0 N–H and O–H groups in total. The third-order valence-corrected chi connectivity index (χ3v) is 9.14. The monoisotopic (exact) mass is 585 g/mol. The van der Waals surface area contributed by atoms with Gasteiger partial charge < -0.3 is 14.4 Å². The lowest BCUT2D eigenvalue weighted by Crippen LogP contribution is -2.37. The number of hydrogen-bond donors (Lipinski definition) is 0. The summed E-state index contributed by atoms with van der Waals surface area (Å²) in [6.07, 6.45) is -1.29. The number of nitrogens with zero attached hydrogens (tertiary/aromatic N) is 3. The Kier molecular flexibility index (Phi) is 7.05. The molecule has 1 aromatic heterocycles. The van der Waals surface area contributed by atoms with Gasteiger partial charge in [0.05, 0.1) is 12.1 Å². The zero-order chi connectivity index (χ0) is 29.0. The Morgan fingerprint density at radius 1 is 1.05 bits per heavy atom. The molecule has 1 aliphatic carbocycles. The van der Waals surface area contributed by atoms with Gasteiger partial charge in [0.2, 0.25) is 6.79 Å². The van der Waals surface area contributed by atoms with Crippen LogP contribution in [-0.4, -0.2) is 40.1 Å². The summed E-state index contributed by atoms with van der Waals surface area (Å²) in [6.45, 7) is 8.88. The molecule has 41 heavy (non-hydrogen) atoms. The Labute approximate surface area is 242 Å². The van der Waals surface area contributed by atoms with Gasteiger partial charge in [0.15, 0.2) is 11.5 Å². The highest BCUT2D eigenvalue weighted by Crippen LogP contribution is 2.52. The molecule has 1 saturated heterocycles. The predicted molar refractivity (Wildman–Crippen MR) is 150 cm³/mol. The normalized spacial score (nSPS) is 22.9. The smallest absolute Gasteiger partial charge is 0.416 e. The summed E-state index contributed by atoms with van der Waals surface area (Å²) in [4.78, 5) is 22.4. The first kappa shape index (κ1) is 28.0. The third-order valence-electron chi connectivity index (χ3n) is 8.31. The van der Waals surface area contributed by atoms with Crippen molar-refractivity contribution < 1.29 is 27.4 Å². The molecule has 2 fully saturated rings. The van der Waals surface area contributed by atoms with E-state index in [1.165, 1.54) is 23.5 Å². The zero-order valence-corrected chi connectivity index (χ0v) is 24.3. The van der Waals surface area contributed by atoms with Gasteiger partial charge >= 0.3 is 6.18 Å². The van der Waals surface area contributed by atoms with Crippen LogP contribution in [-0.2, 0) is 25.8 Å². The summed E-state index contributed by atoms with van der Waals surface area (Å²) in [5.74, 6) is 1.29. The van der Waals surface area contributed by atoms with Crippen LogP contribution in [0.15, 0.2) is 47.8 Å². The standard InChI is InChI=1S/C31H34F3N3O3S/c1-29(2)11-23-12-30(3,17-29)18-37(23)28(38)24-16-41-27(35-24)15-36(13-20-5-4-6-22(9-20)31(32,33)34)14-21-7-8-25-26(10-21)40-19-39-25/h4-10,16,23H,11-15,17-19H2,1-3H3. The fourth-order valence-corrected chi connectivity index (χ4v) is 7.90. The molecule has 1 amide bonds. The summed E-state index contributed by atoms with van der Waals surface area (Å²) in [7, 11) is 0. The summed E-state index contributed by atoms with van der Waals surface area (Å²) >= 11 is 1.41. The number of ether oxygens (including phenoxy) is 2. The Balaban J connectivity index is 1.21. The first-order valence-corrected chi connectivity index (χ1v) is 14.8. The van der Waals surface area contributed by atoms with E-state index < -0.39 is 11.7 Å². The van der Waals surface area contributed by atoms with E-state index in [9.17, 15) is 18.0 Å². The van der Waals surface area contributed by atoms with Crippen molar-refractivity contribution in [2.45, 2.75) is 71.9 Å². The number of aromatic nitrogens is 1. The SMILES string of the molecule is CC1(C)CC2CC(C)(CN2C(=O)c2csc(CN(Cc3cccc(C(F)(F)F)c3)Cc3ccc4c(c3)OCO4)n2)C1. The van der Waals surface area contributed by atoms with Crippen molar-refractivity contribution in [1.29, 1.82) is 0 Å². The third kappa shape index (κ3) is 6.09. The van der Waals surface area contributed by atoms with E-state index >= 15 is 0 Å². The molecule has 0 radical (unpaired) electrons. The van der Waals surface area contributed by atoms with E-state index in [0.717, 1.165) is 42.4 Å². The van der Waals surface area contributed by atoms with Crippen LogP contribution in [0.5, 0.6) is 11.5 Å². The van der Waals surface area contributed by atoms with Crippen LogP contribution >= 0.6 is 11.3 Å². The summed E-state index contributed by atoms with van der Waals surface area (Å²) in [6, 6.07) is 11.3. The van der Waals surface area contributed by atoms with Crippen LogP contribution in [0.4, 0.5) is 13.2 Å². The Bertz CT molecular complexity index is 1460. The Morgan fingerprint density at radius 2 is 1.80 bits per heavy atom. The van der Waals surface area contributed by atoms with Crippen LogP contribution in [0.2, 0.25) is 0 Å². The van der Waals surface area contributed by atoms with Gasteiger partial charge in [0, 0.05) is 31.1 Å². The second kappa shape index (κ2) is 10.3. The first-order valence-electron chi connectivity index (χ1n) is 13.9. The number of halogens is 3. The number of fused-ring (bicyclic) bond motifs is 3. The maximum atomic E-state index is 13.6. The van der Waals surface area contributed by atoms with Gasteiger partial charge in [-0.15, -0.1) is 11.3 Å². The number of amides is 1. The van der Waals surface area contributed by atoms with E-state index in [1.807, 2.05) is 33.4 Å². The molecule has 2 atom stereocenters. The molecular weight excluding hydrogens is 551 g/mol. The first-order chi connectivity index (χ1) is 19.4. The van der Waals surface area contributed by atoms with E-state index in [4.69, 9.17) is 14.5 Å². The quantitative estimate of drug-likeness (QED) is 0.295. The lowest BCUT2D eigenvalue weighted by Gasteiger charge is -2.39.